The topological polar surface area (TPSA) is 73.6 Å². The van der Waals surface area contributed by atoms with Crippen LogP contribution in [0.15, 0.2) is 30.3 Å². The molecule has 1 saturated carbocycles. The molecular formula is C20H32N2O3. The van der Waals surface area contributed by atoms with Crippen LogP contribution >= 0.6 is 0 Å². The van der Waals surface area contributed by atoms with Crippen LogP contribution < -0.4 is 11.1 Å². The molecule has 1 fully saturated rings. The fraction of sp³-hybridized carbons (Fsp3) is 0.650. The molecule has 3 N–H and O–H groups in total. The van der Waals surface area contributed by atoms with E-state index in [0.717, 1.165) is 5.56 Å². The van der Waals surface area contributed by atoms with Crippen molar-refractivity contribution in [3.8, 4) is 0 Å². The summed E-state index contributed by atoms with van der Waals surface area (Å²) < 4.78 is 11.4. The molecule has 0 spiro atoms. The van der Waals surface area contributed by atoms with Gasteiger partial charge in [-0.1, -0.05) is 51.1 Å². The normalized spacial score (nSPS) is 25.9. The molecule has 0 saturated heterocycles. The second kappa shape index (κ2) is 8.30. The SMILES string of the molecule is CCOC1CC(N)(C(=O)NCC(C)COCc2ccccc2)C1(C)C. The van der Waals surface area contributed by atoms with Gasteiger partial charge in [-0.05, 0) is 18.4 Å². The van der Waals surface area contributed by atoms with Gasteiger partial charge in [0.1, 0.15) is 5.54 Å². The van der Waals surface area contributed by atoms with Crippen molar-refractivity contribution in [1.29, 1.82) is 0 Å². The van der Waals surface area contributed by atoms with Crippen molar-refractivity contribution in [2.75, 3.05) is 19.8 Å². The third-order valence-corrected chi connectivity index (χ3v) is 5.36. The van der Waals surface area contributed by atoms with Crippen molar-refractivity contribution in [2.45, 2.75) is 52.4 Å². The maximum absolute atomic E-state index is 12.6. The lowest BCUT2D eigenvalue weighted by Gasteiger charge is -2.57. The zero-order valence-electron chi connectivity index (χ0n) is 15.9. The highest BCUT2D eigenvalue weighted by atomic mass is 16.5. The van der Waals surface area contributed by atoms with Crippen LogP contribution in [0.25, 0.3) is 0 Å². The van der Waals surface area contributed by atoms with Gasteiger partial charge in [-0.25, -0.2) is 0 Å². The number of amides is 1. The summed E-state index contributed by atoms with van der Waals surface area (Å²) in [6.07, 6.45) is 0.610. The molecule has 1 aliphatic rings. The summed E-state index contributed by atoms with van der Waals surface area (Å²) in [7, 11) is 0. The molecule has 0 aliphatic heterocycles. The van der Waals surface area contributed by atoms with Gasteiger partial charge in [0.2, 0.25) is 5.91 Å². The molecular weight excluding hydrogens is 316 g/mol. The van der Waals surface area contributed by atoms with Crippen molar-refractivity contribution in [2.24, 2.45) is 17.1 Å². The van der Waals surface area contributed by atoms with Crippen LogP contribution in [0.1, 0.15) is 39.7 Å². The molecule has 0 radical (unpaired) electrons. The number of rotatable bonds is 9. The molecule has 0 heterocycles. The van der Waals surface area contributed by atoms with Crippen LogP contribution in [-0.2, 0) is 20.9 Å². The van der Waals surface area contributed by atoms with Gasteiger partial charge in [0.25, 0.3) is 0 Å². The van der Waals surface area contributed by atoms with Crippen molar-refractivity contribution in [3.05, 3.63) is 35.9 Å². The Morgan fingerprint density at radius 2 is 2.04 bits per heavy atom. The lowest BCUT2D eigenvalue weighted by Crippen LogP contribution is -2.75. The lowest BCUT2D eigenvalue weighted by atomic mass is 9.54. The van der Waals surface area contributed by atoms with E-state index in [9.17, 15) is 4.79 Å². The smallest absolute Gasteiger partial charge is 0.240 e. The summed E-state index contributed by atoms with van der Waals surface area (Å²) >= 11 is 0. The average molecular weight is 348 g/mol. The molecule has 0 aromatic heterocycles. The van der Waals surface area contributed by atoms with Gasteiger partial charge < -0.3 is 20.5 Å². The lowest BCUT2D eigenvalue weighted by molar-refractivity contribution is -0.170. The van der Waals surface area contributed by atoms with Gasteiger partial charge in [0.15, 0.2) is 0 Å². The van der Waals surface area contributed by atoms with Crippen LogP contribution in [-0.4, -0.2) is 37.3 Å². The first-order valence-corrected chi connectivity index (χ1v) is 9.11. The standard InChI is InChI=1S/C20H32N2O3/c1-5-25-17-11-20(21,19(17,3)4)18(23)22-12-15(2)13-24-14-16-9-7-6-8-10-16/h6-10,15,17H,5,11-14,21H2,1-4H3,(H,22,23). The van der Waals surface area contributed by atoms with Crippen molar-refractivity contribution < 1.29 is 14.3 Å². The largest absolute Gasteiger partial charge is 0.378 e. The van der Waals surface area contributed by atoms with E-state index in [0.29, 0.717) is 32.8 Å². The summed E-state index contributed by atoms with van der Waals surface area (Å²) in [5.41, 5.74) is 6.31. The predicted octanol–water partition coefficient (Wildman–Crippen LogP) is 2.49. The first-order chi connectivity index (χ1) is 11.8. The molecule has 1 aliphatic carbocycles. The molecule has 1 amide bonds. The van der Waals surface area contributed by atoms with E-state index < -0.39 is 5.54 Å². The van der Waals surface area contributed by atoms with Crippen LogP contribution in [0.4, 0.5) is 0 Å². The average Bonchev–Trinajstić information content (AvgIpc) is 2.60. The maximum atomic E-state index is 12.6. The summed E-state index contributed by atoms with van der Waals surface area (Å²) in [5, 5.41) is 2.99. The Morgan fingerprint density at radius 3 is 2.64 bits per heavy atom. The first kappa shape index (κ1) is 19.9. The van der Waals surface area contributed by atoms with E-state index in [2.05, 4.69) is 12.2 Å². The highest BCUT2D eigenvalue weighted by molar-refractivity contribution is 5.88. The van der Waals surface area contributed by atoms with Gasteiger partial charge in [0, 0.05) is 25.0 Å². The molecule has 5 heteroatoms. The van der Waals surface area contributed by atoms with Crippen molar-refractivity contribution in [3.63, 3.8) is 0 Å². The van der Waals surface area contributed by atoms with Gasteiger partial charge >= 0.3 is 0 Å². The van der Waals surface area contributed by atoms with E-state index in [4.69, 9.17) is 15.2 Å². The number of hydrogen-bond acceptors (Lipinski definition) is 4. The van der Waals surface area contributed by atoms with Gasteiger partial charge in [-0.2, -0.15) is 0 Å². The third-order valence-electron chi connectivity index (χ3n) is 5.36. The number of nitrogens with two attached hydrogens (primary N) is 1. The number of nitrogens with one attached hydrogen (secondary N) is 1. The molecule has 3 atom stereocenters. The predicted molar refractivity (Wildman–Crippen MR) is 99.0 cm³/mol. The first-order valence-electron chi connectivity index (χ1n) is 9.11. The maximum Gasteiger partial charge on any atom is 0.240 e. The minimum Gasteiger partial charge on any atom is -0.378 e. The van der Waals surface area contributed by atoms with Crippen LogP contribution in [0.5, 0.6) is 0 Å². The molecule has 25 heavy (non-hydrogen) atoms. The molecule has 3 unspecified atom stereocenters. The van der Waals surface area contributed by atoms with Gasteiger partial charge in [0.05, 0.1) is 19.3 Å². The summed E-state index contributed by atoms with van der Waals surface area (Å²) in [5.74, 6) is 0.130. The Kier molecular flexibility index (Phi) is 6.60. The Bertz CT molecular complexity index is 561. The molecule has 2 rings (SSSR count). The molecule has 0 bridgehead atoms. The molecule has 1 aromatic carbocycles. The van der Waals surface area contributed by atoms with Crippen LogP contribution in [0, 0.1) is 11.3 Å². The zero-order valence-corrected chi connectivity index (χ0v) is 15.9. The Balaban J connectivity index is 1.72. The van der Waals surface area contributed by atoms with E-state index in [1.807, 2.05) is 51.1 Å². The molecule has 140 valence electrons. The van der Waals surface area contributed by atoms with Crippen LogP contribution in [0.3, 0.4) is 0 Å². The summed E-state index contributed by atoms with van der Waals surface area (Å²) in [4.78, 5) is 12.6. The highest BCUT2D eigenvalue weighted by Crippen LogP contribution is 2.49. The Labute approximate surface area is 151 Å². The number of benzene rings is 1. The number of hydrogen-bond donors (Lipinski definition) is 2. The zero-order chi connectivity index (χ0) is 18.5. The minimum absolute atomic E-state index is 0.0416. The summed E-state index contributed by atoms with van der Waals surface area (Å²) in [6, 6.07) is 10.1. The van der Waals surface area contributed by atoms with Crippen LogP contribution in [0.2, 0.25) is 0 Å². The number of carbonyl (C=O) groups is 1. The van der Waals surface area contributed by atoms with E-state index in [1.165, 1.54) is 0 Å². The van der Waals surface area contributed by atoms with Crippen molar-refractivity contribution in [1.82, 2.24) is 5.32 Å². The number of ether oxygens (including phenoxy) is 2. The Morgan fingerprint density at radius 1 is 1.36 bits per heavy atom. The second-order valence-electron chi connectivity index (χ2n) is 7.66. The quantitative estimate of drug-likeness (QED) is 0.719. The fourth-order valence-electron chi connectivity index (χ4n) is 3.26. The third kappa shape index (κ3) is 4.40. The second-order valence-corrected chi connectivity index (χ2v) is 7.66. The highest BCUT2D eigenvalue weighted by Gasteiger charge is 2.62. The fourth-order valence-corrected chi connectivity index (χ4v) is 3.26. The van der Waals surface area contributed by atoms with Gasteiger partial charge in [-0.15, -0.1) is 0 Å². The Hall–Kier alpha value is -1.43. The van der Waals surface area contributed by atoms with Gasteiger partial charge in [-0.3, -0.25) is 4.79 Å². The van der Waals surface area contributed by atoms with E-state index >= 15 is 0 Å². The molecule has 1 aromatic rings. The minimum atomic E-state index is -0.864. The van der Waals surface area contributed by atoms with E-state index in [1.54, 1.807) is 0 Å². The monoisotopic (exact) mass is 348 g/mol. The summed E-state index contributed by atoms with van der Waals surface area (Å²) in [6.45, 7) is 10.4. The van der Waals surface area contributed by atoms with Crippen molar-refractivity contribution >= 4 is 5.91 Å². The molecule has 5 nitrogen and oxygen atoms in total. The number of carbonyl (C=O) groups excluding carboxylic acids is 1. The van der Waals surface area contributed by atoms with E-state index in [-0.39, 0.29) is 23.3 Å².